The maximum Gasteiger partial charge on any atom is 0.242 e. The molecule has 3 aromatic rings. The van der Waals surface area contributed by atoms with Crippen molar-refractivity contribution in [2.45, 2.75) is 58.6 Å². The highest BCUT2D eigenvalue weighted by molar-refractivity contribution is 6.76. The van der Waals surface area contributed by atoms with Crippen LogP contribution in [0.15, 0.2) is 23.3 Å². The van der Waals surface area contributed by atoms with Gasteiger partial charge in [-0.15, -0.1) is 4.99 Å². The number of hydrogen-bond acceptors (Lipinski definition) is 6. The Balaban J connectivity index is 2.21. The predicted octanol–water partition coefficient (Wildman–Crippen LogP) is 5.03. The Morgan fingerprint density at radius 2 is 1.97 bits per heavy atom. The molecular weight excluding hydrogens is 394 g/mol. The Labute approximate surface area is 177 Å². The lowest BCUT2D eigenvalue weighted by atomic mass is 9.86. The van der Waals surface area contributed by atoms with Gasteiger partial charge >= 0.3 is 0 Å². The summed E-state index contributed by atoms with van der Waals surface area (Å²) in [6.07, 6.45) is 3.30. The van der Waals surface area contributed by atoms with Crippen LogP contribution < -0.4 is 0 Å². The molecule has 0 unspecified atom stereocenters. The van der Waals surface area contributed by atoms with Crippen LogP contribution in [0.2, 0.25) is 25.7 Å². The number of aromatic nitrogens is 3. The topological polar surface area (TPSA) is 93.2 Å². The van der Waals surface area contributed by atoms with E-state index in [1.54, 1.807) is 18.3 Å². The third-order valence-electron chi connectivity index (χ3n) is 4.99. The number of nitrogens with zero attached hydrogens (tertiary/aromatic N) is 5. The largest absolute Gasteiger partial charge is 0.361 e. The number of nitriles is 1. The molecule has 0 N–H and O–H groups in total. The molecule has 3 rings (SSSR count). The van der Waals surface area contributed by atoms with Crippen LogP contribution in [0.25, 0.3) is 21.9 Å². The number of hydrogen-bond donors (Lipinski definition) is 0. The minimum absolute atomic E-state index is 0.274. The molecule has 0 bridgehead atoms. The SMILES string of the molecule is CC(C)(C)c1cc2c3cc(C#N)ncc3n(COCC[Si](C)(C)C)c2nc1N=C=O. The zero-order valence-electron chi connectivity index (χ0n) is 18.4. The lowest BCUT2D eigenvalue weighted by Crippen LogP contribution is -2.22. The Kier molecular flexibility index (Phi) is 5.91. The number of isocyanates is 1. The van der Waals surface area contributed by atoms with Crippen molar-refractivity contribution in [2.75, 3.05) is 6.61 Å². The van der Waals surface area contributed by atoms with Crippen molar-refractivity contribution in [3.63, 3.8) is 0 Å². The van der Waals surface area contributed by atoms with Gasteiger partial charge in [-0.1, -0.05) is 40.4 Å². The van der Waals surface area contributed by atoms with E-state index >= 15 is 0 Å². The number of carbonyl (C=O) groups excluding carboxylic acids is 1. The minimum atomic E-state index is -1.20. The Hall–Kier alpha value is -2.85. The minimum Gasteiger partial charge on any atom is -0.361 e. The standard InChI is InChI=1S/C22H27N5O2Si/c1-22(2,3)18-10-17-16-9-15(11-23)24-12-19(16)27(14-29-7-8-30(4,5)6)21(17)26-20(18)25-13-28/h9-10,12H,7-8,14H2,1-6H3. The van der Waals surface area contributed by atoms with Crippen molar-refractivity contribution < 1.29 is 9.53 Å². The van der Waals surface area contributed by atoms with Gasteiger partial charge in [-0.2, -0.15) is 5.26 Å². The van der Waals surface area contributed by atoms with Gasteiger partial charge in [0, 0.05) is 31.0 Å². The fraction of sp³-hybridized carbons (Fsp3) is 0.455. The van der Waals surface area contributed by atoms with E-state index in [-0.39, 0.29) is 5.41 Å². The average molecular weight is 422 g/mol. The van der Waals surface area contributed by atoms with Gasteiger partial charge in [0.25, 0.3) is 0 Å². The average Bonchev–Trinajstić information content (AvgIpc) is 2.95. The van der Waals surface area contributed by atoms with Gasteiger partial charge in [-0.25, -0.2) is 14.8 Å². The number of fused-ring (bicyclic) bond motifs is 3. The number of aliphatic imine (C=N–C) groups is 1. The first-order chi connectivity index (χ1) is 14.0. The lowest BCUT2D eigenvalue weighted by Gasteiger charge is -2.20. The summed E-state index contributed by atoms with van der Waals surface area (Å²) >= 11 is 0. The fourth-order valence-corrected chi connectivity index (χ4v) is 4.05. The Morgan fingerprint density at radius 3 is 2.57 bits per heavy atom. The van der Waals surface area contributed by atoms with E-state index in [1.807, 2.05) is 31.4 Å². The molecule has 0 saturated heterocycles. The monoisotopic (exact) mass is 421 g/mol. The fourth-order valence-electron chi connectivity index (χ4n) is 3.30. The van der Waals surface area contributed by atoms with Crippen LogP contribution >= 0.6 is 0 Å². The van der Waals surface area contributed by atoms with Crippen molar-refractivity contribution in [1.82, 2.24) is 14.5 Å². The van der Waals surface area contributed by atoms with Crippen molar-refractivity contribution in [3.05, 3.63) is 29.6 Å². The highest BCUT2D eigenvalue weighted by atomic mass is 28.3. The molecule has 0 spiro atoms. The third-order valence-corrected chi connectivity index (χ3v) is 6.70. The van der Waals surface area contributed by atoms with Gasteiger partial charge in [0.1, 0.15) is 24.1 Å². The van der Waals surface area contributed by atoms with Crippen LogP contribution in [0.3, 0.4) is 0 Å². The van der Waals surface area contributed by atoms with Gasteiger partial charge in [-0.3, -0.25) is 4.57 Å². The molecule has 7 nitrogen and oxygen atoms in total. The first kappa shape index (κ1) is 21.8. The second kappa shape index (κ2) is 8.11. The molecule has 3 aromatic heterocycles. The van der Waals surface area contributed by atoms with E-state index in [0.717, 1.165) is 27.9 Å². The van der Waals surface area contributed by atoms with Gasteiger partial charge in [0.2, 0.25) is 6.08 Å². The number of ether oxygens (including phenoxy) is 1. The number of pyridine rings is 2. The smallest absolute Gasteiger partial charge is 0.242 e. The molecule has 0 atom stereocenters. The summed E-state index contributed by atoms with van der Waals surface area (Å²) in [6, 6.07) is 6.93. The van der Waals surface area contributed by atoms with Gasteiger partial charge in [0.15, 0.2) is 5.82 Å². The van der Waals surface area contributed by atoms with Crippen LogP contribution in [0, 0.1) is 11.3 Å². The van der Waals surface area contributed by atoms with Crippen LogP contribution in [-0.4, -0.2) is 35.3 Å². The molecule has 30 heavy (non-hydrogen) atoms. The maximum atomic E-state index is 11.0. The molecule has 0 aliphatic rings. The quantitative estimate of drug-likeness (QED) is 0.241. The molecule has 0 aliphatic heterocycles. The van der Waals surface area contributed by atoms with Crippen molar-refractivity contribution >= 4 is 41.9 Å². The maximum absolute atomic E-state index is 11.0. The summed E-state index contributed by atoms with van der Waals surface area (Å²) in [7, 11) is -1.20. The van der Waals surface area contributed by atoms with Gasteiger partial charge < -0.3 is 4.74 Å². The molecule has 156 valence electrons. The second-order valence-corrected chi connectivity index (χ2v) is 15.3. The van der Waals surface area contributed by atoms with Crippen LogP contribution in [-0.2, 0) is 21.7 Å². The summed E-state index contributed by atoms with van der Waals surface area (Å²) in [5.41, 5.74) is 2.39. The van der Waals surface area contributed by atoms with Crippen molar-refractivity contribution in [3.8, 4) is 6.07 Å². The van der Waals surface area contributed by atoms with E-state index in [9.17, 15) is 10.1 Å². The predicted molar refractivity (Wildman–Crippen MR) is 120 cm³/mol. The zero-order valence-corrected chi connectivity index (χ0v) is 19.4. The van der Waals surface area contributed by atoms with Crippen molar-refractivity contribution in [1.29, 1.82) is 5.26 Å². The number of rotatable bonds is 6. The van der Waals surface area contributed by atoms with Crippen LogP contribution in [0.4, 0.5) is 5.82 Å². The molecular formula is C22H27N5O2Si. The highest BCUT2D eigenvalue weighted by Gasteiger charge is 2.23. The summed E-state index contributed by atoms with van der Waals surface area (Å²) in [5.74, 6) is 0.352. The molecule has 0 fully saturated rings. The molecule has 3 heterocycles. The molecule has 0 aliphatic carbocycles. The van der Waals surface area contributed by atoms with Crippen LogP contribution in [0.5, 0.6) is 0 Å². The summed E-state index contributed by atoms with van der Waals surface area (Å²) in [5, 5.41) is 11.1. The van der Waals surface area contributed by atoms with E-state index in [4.69, 9.17) is 9.72 Å². The van der Waals surface area contributed by atoms with Gasteiger partial charge in [0.05, 0.1) is 11.7 Å². The van der Waals surface area contributed by atoms with E-state index in [0.29, 0.717) is 30.5 Å². The Bertz CT molecular complexity index is 1190. The molecule has 8 heteroatoms. The lowest BCUT2D eigenvalue weighted by molar-refractivity contribution is 0.0925. The molecule has 0 amide bonds. The second-order valence-electron chi connectivity index (χ2n) is 9.66. The first-order valence-electron chi connectivity index (χ1n) is 9.94. The van der Waals surface area contributed by atoms with E-state index in [2.05, 4.69) is 35.7 Å². The van der Waals surface area contributed by atoms with Gasteiger partial charge in [-0.05, 0) is 23.6 Å². The summed E-state index contributed by atoms with van der Waals surface area (Å²) < 4.78 is 7.91. The zero-order chi connectivity index (χ0) is 22.1. The summed E-state index contributed by atoms with van der Waals surface area (Å²) in [6.45, 7) is 14.0. The summed E-state index contributed by atoms with van der Waals surface area (Å²) in [4.78, 5) is 23.8. The highest BCUT2D eigenvalue weighted by Crippen LogP contribution is 2.36. The molecule has 0 saturated carbocycles. The third kappa shape index (κ3) is 4.49. The molecule has 0 radical (unpaired) electrons. The van der Waals surface area contributed by atoms with Crippen molar-refractivity contribution in [2.24, 2.45) is 4.99 Å². The van der Waals surface area contributed by atoms with E-state index < -0.39 is 8.07 Å². The Morgan fingerprint density at radius 1 is 1.23 bits per heavy atom. The van der Waals surface area contributed by atoms with E-state index in [1.165, 1.54) is 0 Å². The van der Waals surface area contributed by atoms with Crippen LogP contribution in [0.1, 0.15) is 32.0 Å². The first-order valence-corrected chi connectivity index (χ1v) is 13.6. The molecule has 0 aromatic carbocycles. The normalized spacial score (nSPS) is 12.2.